The van der Waals surface area contributed by atoms with Gasteiger partial charge < -0.3 is 15.0 Å². The molecule has 0 aliphatic carbocycles. The molecule has 0 saturated carbocycles. The predicted molar refractivity (Wildman–Crippen MR) is 93.6 cm³/mol. The van der Waals surface area contributed by atoms with Crippen LogP contribution in [-0.4, -0.2) is 55.7 Å². The number of nitrogens with zero attached hydrogens (tertiary/aromatic N) is 1. The van der Waals surface area contributed by atoms with Gasteiger partial charge in [0.25, 0.3) is 5.91 Å². The van der Waals surface area contributed by atoms with Crippen molar-refractivity contribution in [3.05, 3.63) is 28.8 Å². The van der Waals surface area contributed by atoms with Gasteiger partial charge in [-0.05, 0) is 38.5 Å². The molecule has 1 saturated heterocycles. The molecule has 24 heavy (non-hydrogen) atoms. The number of anilines is 1. The van der Waals surface area contributed by atoms with Gasteiger partial charge in [0.2, 0.25) is 0 Å². The molecule has 0 radical (unpaired) electrons. The topological polar surface area (TPSA) is 63.1 Å². The van der Waals surface area contributed by atoms with Crippen molar-refractivity contribution in [3.8, 4) is 0 Å². The van der Waals surface area contributed by atoms with Gasteiger partial charge in [0.15, 0.2) is 6.04 Å². The normalized spacial score (nSPS) is 16.6. The van der Waals surface area contributed by atoms with E-state index in [1.165, 1.54) is 0 Å². The molecule has 0 bridgehead atoms. The number of piperazine rings is 1. The lowest BCUT2D eigenvalue weighted by atomic mass is 10.1. The maximum Gasteiger partial charge on any atom is 0.410 e. The number of ether oxygens (including phenoxy) is 1. The highest BCUT2D eigenvalue weighted by Crippen LogP contribution is 2.22. The zero-order valence-electron chi connectivity index (χ0n) is 14.4. The van der Waals surface area contributed by atoms with Crippen LogP contribution < -0.4 is 10.2 Å². The Morgan fingerprint density at radius 3 is 2.67 bits per heavy atom. The number of carbonyl (C=O) groups is 2. The van der Waals surface area contributed by atoms with Crippen LogP contribution in [0.2, 0.25) is 5.02 Å². The highest BCUT2D eigenvalue weighted by molar-refractivity contribution is 6.31. The number of hydrogen-bond acceptors (Lipinski definition) is 3. The summed E-state index contributed by atoms with van der Waals surface area (Å²) in [6.45, 7) is 8.61. The number of hydrogen-bond donors (Lipinski definition) is 2. The van der Waals surface area contributed by atoms with E-state index in [4.69, 9.17) is 16.3 Å². The standard InChI is InChI=1S/C17H24ClN3O3/c1-4-24-17(23)21-10-8-20(9-11-21)13(3)16(22)19-15-7-5-6-14(18)12(15)2/h5-7,13H,4,8-11H2,1-3H3,(H,19,22)/p+1/t13-/m1/s1. The summed E-state index contributed by atoms with van der Waals surface area (Å²) >= 11 is 6.09. The molecule has 2 N–H and O–H groups in total. The van der Waals surface area contributed by atoms with Gasteiger partial charge >= 0.3 is 6.09 Å². The maximum atomic E-state index is 12.5. The fraction of sp³-hybridized carbons (Fsp3) is 0.529. The Balaban J connectivity index is 1.90. The smallest absolute Gasteiger partial charge is 0.410 e. The zero-order chi connectivity index (χ0) is 17.7. The van der Waals surface area contributed by atoms with Crippen LogP contribution in [0.1, 0.15) is 19.4 Å². The second kappa shape index (κ2) is 8.35. The van der Waals surface area contributed by atoms with E-state index in [2.05, 4.69) is 5.32 Å². The molecule has 1 aliphatic heterocycles. The Kier molecular flexibility index (Phi) is 6.45. The SMILES string of the molecule is CCOC(=O)N1CC[NH+]([C@H](C)C(=O)Nc2cccc(Cl)c2C)CC1. The van der Waals surface area contributed by atoms with Gasteiger partial charge in [-0.25, -0.2) is 4.79 Å². The highest BCUT2D eigenvalue weighted by atomic mass is 35.5. The molecule has 1 atom stereocenters. The number of benzene rings is 1. The lowest BCUT2D eigenvalue weighted by Crippen LogP contribution is -3.19. The fourth-order valence-corrected chi connectivity index (χ4v) is 2.97. The van der Waals surface area contributed by atoms with E-state index >= 15 is 0 Å². The Morgan fingerprint density at radius 2 is 2.04 bits per heavy atom. The quantitative estimate of drug-likeness (QED) is 0.857. The molecule has 1 aromatic carbocycles. The van der Waals surface area contributed by atoms with E-state index < -0.39 is 0 Å². The van der Waals surface area contributed by atoms with Crippen molar-refractivity contribution in [2.75, 3.05) is 38.1 Å². The molecule has 1 fully saturated rings. The molecule has 132 valence electrons. The second-order valence-electron chi connectivity index (χ2n) is 5.97. The third-order valence-corrected chi connectivity index (χ3v) is 4.87. The van der Waals surface area contributed by atoms with E-state index in [1.807, 2.05) is 26.0 Å². The molecule has 0 unspecified atom stereocenters. The minimum atomic E-state index is -0.275. The van der Waals surface area contributed by atoms with Gasteiger partial charge in [-0.15, -0.1) is 0 Å². The van der Waals surface area contributed by atoms with Crippen molar-refractivity contribution < 1.29 is 19.2 Å². The van der Waals surface area contributed by atoms with E-state index in [1.54, 1.807) is 17.9 Å². The van der Waals surface area contributed by atoms with Crippen LogP contribution in [0.4, 0.5) is 10.5 Å². The van der Waals surface area contributed by atoms with Gasteiger partial charge in [0.1, 0.15) is 0 Å². The van der Waals surface area contributed by atoms with Gasteiger partial charge in [-0.3, -0.25) is 9.69 Å². The van der Waals surface area contributed by atoms with Crippen LogP contribution in [0.15, 0.2) is 18.2 Å². The fourth-order valence-electron chi connectivity index (χ4n) is 2.79. The first kappa shape index (κ1) is 18.5. The average molecular weight is 355 g/mol. The Bertz CT molecular complexity index is 601. The van der Waals surface area contributed by atoms with Crippen molar-refractivity contribution >= 4 is 29.3 Å². The maximum absolute atomic E-state index is 12.5. The molecular weight excluding hydrogens is 330 g/mol. The summed E-state index contributed by atoms with van der Waals surface area (Å²) in [4.78, 5) is 27.1. The average Bonchev–Trinajstić information content (AvgIpc) is 2.58. The Morgan fingerprint density at radius 1 is 1.38 bits per heavy atom. The van der Waals surface area contributed by atoms with E-state index in [0.717, 1.165) is 29.2 Å². The predicted octanol–water partition coefficient (Wildman–Crippen LogP) is 1.33. The molecular formula is C17H25ClN3O3+. The van der Waals surface area contributed by atoms with Crippen molar-refractivity contribution in [1.82, 2.24) is 4.90 Å². The van der Waals surface area contributed by atoms with Gasteiger partial charge in [0, 0.05) is 10.7 Å². The third-order valence-electron chi connectivity index (χ3n) is 4.46. The first-order valence-electron chi connectivity index (χ1n) is 8.26. The Hall–Kier alpha value is -1.79. The molecule has 1 heterocycles. The van der Waals surface area contributed by atoms with Gasteiger partial charge in [0.05, 0.1) is 32.8 Å². The summed E-state index contributed by atoms with van der Waals surface area (Å²) in [5, 5.41) is 3.59. The number of carbonyl (C=O) groups excluding carboxylic acids is 2. The summed E-state index contributed by atoms with van der Waals surface area (Å²) in [5.41, 5.74) is 1.60. The van der Waals surface area contributed by atoms with Crippen molar-refractivity contribution in [2.45, 2.75) is 26.8 Å². The molecule has 1 aromatic rings. The summed E-state index contributed by atoms with van der Waals surface area (Å²) in [7, 11) is 0. The summed E-state index contributed by atoms with van der Waals surface area (Å²) in [6.07, 6.45) is -0.275. The lowest BCUT2D eigenvalue weighted by molar-refractivity contribution is -0.917. The molecule has 1 aliphatic rings. The van der Waals surface area contributed by atoms with Crippen molar-refractivity contribution in [1.29, 1.82) is 0 Å². The first-order chi connectivity index (χ1) is 11.4. The third kappa shape index (κ3) is 4.39. The minimum absolute atomic E-state index is 0.0417. The zero-order valence-corrected chi connectivity index (χ0v) is 15.2. The van der Waals surface area contributed by atoms with E-state index in [9.17, 15) is 9.59 Å². The van der Waals surface area contributed by atoms with Crippen molar-refractivity contribution in [2.24, 2.45) is 0 Å². The summed E-state index contributed by atoms with van der Waals surface area (Å²) in [5.74, 6) is -0.0417. The monoisotopic (exact) mass is 354 g/mol. The molecule has 7 heteroatoms. The minimum Gasteiger partial charge on any atom is -0.450 e. The number of halogens is 1. The second-order valence-corrected chi connectivity index (χ2v) is 6.37. The highest BCUT2D eigenvalue weighted by Gasteiger charge is 2.31. The molecule has 0 spiro atoms. The number of nitrogens with one attached hydrogen (secondary N) is 2. The number of amides is 2. The number of rotatable bonds is 4. The van der Waals surface area contributed by atoms with Crippen LogP contribution in [0.25, 0.3) is 0 Å². The summed E-state index contributed by atoms with van der Waals surface area (Å²) < 4.78 is 5.01. The van der Waals surface area contributed by atoms with E-state index in [-0.39, 0.29) is 18.0 Å². The van der Waals surface area contributed by atoms with E-state index in [0.29, 0.717) is 24.7 Å². The van der Waals surface area contributed by atoms with Crippen LogP contribution in [0.5, 0.6) is 0 Å². The summed E-state index contributed by atoms with van der Waals surface area (Å²) in [6, 6.07) is 5.27. The molecule has 0 aromatic heterocycles. The van der Waals surface area contributed by atoms with Crippen molar-refractivity contribution in [3.63, 3.8) is 0 Å². The first-order valence-corrected chi connectivity index (χ1v) is 8.64. The Labute approximate surface area is 147 Å². The lowest BCUT2D eigenvalue weighted by Gasteiger charge is -2.34. The molecule has 2 rings (SSSR count). The van der Waals surface area contributed by atoms with Gasteiger partial charge in [-0.1, -0.05) is 17.7 Å². The van der Waals surface area contributed by atoms with Crippen LogP contribution in [0, 0.1) is 6.92 Å². The van der Waals surface area contributed by atoms with Crippen LogP contribution in [0.3, 0.4) is 0 Å². The largest absolute Gasteiger partial charge is 0.450 e. The molecule has 6 nitrogen and oxygen atoms in total. The van der Waals surface area contributed by atoms with Gasteiger partial charge in [-0.2, -0.15) is 0 Å². The van der Waals surface area contributed by atoms with Crippen LogP contribution in [-0.2, 0) is 9.53 Å². The van der Waals surface area contributed by atoms with Crippen LogP contribution >= 0.6 is 11.6 Å². The molecule has 2 amide bonds. The number of quaternary nitrogens is 1.